The quantitative estimate of drug-likeness (QED) is 0.220. The summed E-state index contributed by atoms with van der Waals surface area (Å²) >= 11 is 1.53. The monoisotopic (exact) mass is 512 g/mol. The van der Waals surface area contributed by atoms with E-state index in [2.05, 4.69) is 4.99 Å². The number of pyridine rings is 1. The molecule has 0 saturated carbocycles. The Morgan fingerprint density at radius 3 is 2.30 bits per heavy atom. The van der Waals surface area contributed by atoms with Gasteiger partial charge in [0.15, 0.2) is 17.2 Å². The fourth-order valence-corrected chi connectivity index (χ4v) is 4.84. The molecule has 1 aromatic heterocycles. The summed E-state index contributed by atoms with van der Waals surface area (Å²) in [6.45, 7) is 2.04. The van der Waals surface area contributed by atoms with Crippen molar-refractivity contribution in [2.75, 3.05) is 21.3 Å². The molecule has 0 radical (unpaired) electrons. The highest BCUT2D eigenvalue weighted by molar-refractivity contribution is 7.99. The highest BCUT2D eigenvalue weighted by Gasteiger charge is 2.27. The molecule has 1 aliphatic heterocycles. The maximum absolute atomic E-state index is 12.9. The van der Waals surface area contributed by atoms with Crippen molar-refractivity contribution in [3.8, 4) is 17.2 Å². The van der Waals surface area contributed by atoms with Crippen LogP contribution in [-0.2, 0) is 9.53 Å². The Kier molecular flexibility index (Phi) is 6.83. The van der Waals surface area contributed by atoms with Gasteiger partial charge >= 0.3 is 5.97 Å². The van der Waals surface area contributed by atoms with Gasteiger partial charge in [-0.3, -0.25) is 0 Å². The second-order valence-corrected chi connectivity index (χ2v) is 9.31. The number of aryl methyl sites for hydroxylation is 1. The first kappa shape index (κ1) is 24.4. The second kappa shape index (κ2) is 10.4. The number of aromatic nitrogens is 1. The molecule has 0 N–H and O–H groups in total. The Bertz CT molecular complexity index is 1540. The first-order valence-electron chi connectivity index (χ1n) is 11.5. The number of hydrogen-bond donors (Lipinski definition) is 0. The summed E-state index contributed by atoms with van der Waals surface area (Å²) < 4.78 is 21.8. The average Bonchev–Trinajstić information content (AvgIpc) is 3.28. The second-order valence-electron chi connectivity index (χ2n) is 8.24. The molecule has 0 spiro atoms. The molecule has 3 aromatic carbocycles. The van der Waals surface area contributed by atoms with E-state index < -0.39 is 5.97 Å². The predicted molar refractivity (Wildman–Crippen MR) is 144 cm³/mol. The van der Waals surface area contributed by atoms with Crippen molar-refractivity contribution in [2.45, 2.75) is 16.8 Å². The molecule has 0 saturated heterocycles. The number of cyclic esters (lactones) is 1. The van der Waals surface area contributed by atoms with E-state index in [1.807, 2.05) is 61.5 Å². The number of nitrogens with zero attached hydrogens (tertiary/aromatic N) is 2. The van der Waals surface area contributed by atoms with E-state index in [0.29, 0.717) is 22.8 Å². The largest absolute Gasteiger partial charge is 0.493 e. The van der Waals surface area contributed by atoms with Crippen LogP contribution in [0.3, 0.4) is 0 Å². The van der Waals surface area contributed by atoms with Crippen LogP contribution in [0.25, 0.3) is 17.0 Å². The first-order valence-corrected chi connectivity index (χ1v) is 12.3. The van der Waals surface area contributed by atoms with Gasteiger partial charge in [-0.1, -0.05) is 42.1 Å². The molecule has 0 fully saturated rings. The van der Waals surface area contributed by atoms with Crippen LogP contribution in [0, 0.1) is 6.92 Å². The minimum Gasteiger partial charge on any atom is -0.493 e. The van der Waals surface area contributed by atoms with Gasteiger partial charge in [-0.05, 0) is 55.0 Å². The van der Waals surface area contributed by atoms with Crippen LogP contribution < -0.4 is 14.2 Å². The minimum absolute atomic E-state index is 0.150. The van der Waals surface area contributed by atoms with Crippen LogP contribution in [0.1, 0.15) is 16.7 Å². The molecular formula is C29H24N2O5S. The highest BCUT2D eigenvalue weighted by atomic mass is 32.2. The Labute approximate surface area is 218 Å². The highest BCUT2D eigenvalue weighted by Crippen LogP contribution is 2.39. The van der Waals surface area contributed by atoms with Gasteiger partial charge in [0.1, 0.15) is 5.03 Å². The lowest BCUT2D eigenvalue weighted by atomic mass is 10.1. The van der Waals surface area contributed by atoms with Crippen LogP contribution in [0.5, 0.6) is 17.2 Å². The first-order chi connectivity index (χ1) is 18.0. The number of carbonyl (C=O) groups excluding carboxylic acids is 1. The molecule has 0 bridgehead atoms. The smallest absolute Gasteiger partial charge is 0.363 e. The molecule has 186 valence electrons. The SMILES string of the molecule is COc1cc(C2=NC(=Cc3cc4ccc(C)cc4nc3Sc3ccccc3)C(=O)O2)cc(OC)c1OC. The van der Waals surface area contributed by atoms with Gasteiger partial charge in [0.25, 0.3) is 0 Å². The summed E-state index contributed by atoms with van der Waals surface area (Å²) in [5.74, 6) is 0.905. The molecular weight excluding hydrogens is 488 g/mol. The molecule has 1 aliphatic rings. The van der Waals surface area contributed by atoms with E-state index in [1.165, 1.54) is 33.1 Å². The fourth-order valence-electron chi connectivity index (χ4n) is 3.95. The Morgan fingerprint density at radius 2 is 1.62 bits per heavy atom. The molecule has 0 amide bonds. The van der Waals surface area contributed by atoms with Gasteiger partial charge < -0.3 is 18.9 Å². The lowest BCUT2D eigenvalue weighted by molar-refractivity contribution is -0.129. The number of carbonyl (C=O) groups is 1. The number of hydrogen-bond acceptors (Lipinski definition) is 8. The minimum atomic E-state index is -0.552. The summed E-state index contributed by atoms with van der Waals surface area (Å²) in [5, 5.41) is 1.73. The topological polar surface area (TPSA) is 79.2 Å². The normalized spacial score (nSPS) is 14.0. The van der Waals surface area contributed by atoms with Crippen molar-refractivity contribution in [3.05, 3.63) is 89.1 Å². The van der Waals surface area contributed by atoms with Crippen molar-refractivity contribution < 1.29 is 23.7 Å². The van der Waals surface area contributed by atoms with E-state index in [-0.39, 0.29) is 11.6 Å². The van der Waals surface area contributed by atoms with Crippen LogP contribution >= 0.6 is 11.8 Å². The van der Waals surface area contributed by atoms with Gasteiger partial charge in [0.05, 0.1) is 26.8 Å². The Hall–Kier alpha value is -4.30. The maximum atomic E-state index is 12.9. The van der Waals surface area contributed by atoms with Crippen LogP contribution in [0.15, 0.2) is 87.3 Å². The molecule has 2 heterocycles. The molecule has 37 heavy (non-hydrogen) atoms. The van der Waals surface area contributed by atoms with Crippen molar-refractivity contribution in [2.24, 2.45) is 4.99 Å². The summed E-state index contributed by atoms with van der Waals surface area (Å²) in [6.07, 6.45) is 1.71. The molecule has 0 aliphatic carbocycles. The lowest BCUT2D eigenvalue weighted by Gasteiger charge is -2.13. The number of methoxy groups -OCH3 is 3. The molecule has 8 heteroatoms. The van der Waals surface area contributed by atoms with E-state index in [0.717, 1.165) is 32.0 Å². The number of esters is 1. The fraction of sp³-hybridized carbons (Fsp3) is 0.138. The van der Waals surface area contributed by atoms with E-state index in [4.69, 9.17) is 23.9 Å². The zero-order valence-corrected chi connectivity index (χ0v) is 21.6. The lowest BCUT2D eigenvalue weighted by Crippen LogP contribution is -2.07. The van der Waals surface area contributed by atoms with E-state index in [1.54, 1.807) is 18.2 Å². The zero-order valence-electron chi connectivity index (χ0n) is 20.8. The van der Waals surface area contributed by atoms with Gasteiger partial charge in [0.2, 0.25) is 11.6 Å². The third-order valence-electron chi connectivity index (χ3n) is 5.75. The maximum Gasteiger partial charge on any atom is 0.363 e. The third kappa shape index (κ3) is 5.01. The van der Waals surface area contributed by atoms with Crippen LogP contribution in [0.4, 0.5) is 0 Å². The molecule has 4 aromatic rings. The van der Waals surface area contributed by atoms with Gasteiger partial charge in [0, 0.05) is 21.4 Å². The van der Waals surface area contributed by atoms with E-state index >= 15 is 0 Å². The van der Waals surface area contributed by atoms with Crippen LogP contribution in [0.2, 0.25) is 0 Å². The van der Waals surface area contributed by atoms with Crippen molar-refractivity contribution >= 4 is 40.6 Å². The van der Waals surface area contributed by atoms with E-state index in [9.17, 15) is 4.79 Å². The van der Waals surface area contributed by atoms with Crippen molar-refractivity contribution in [3.63, 3.8) is 0 Å². The van der Waals surface area contributed by atoms with Crippen molar-refractivity contribution in [1.29, 1.82) is 0 Å². The third-order valence-corrected chi connectivity index (χ3v) is 6.78. The zero-order chi connectivity index (χ0) is 25.9. The van der Waals surface area contributed by atoms with Gasteiger partial charge in [-0.25, -0.2) is 14.8 Å². The molecule has 7 nitrogen and oxygen atoms in total. The Balaban J connectivity index is 1.59. The van der Waals surface area contributed by atoms with Crippen LogP contribution in [-0.4, -0.2) is 38.2 Å². The molecule has 5 rings (SSSR count). The van der Waals surface area contributed by atoms with Crippen molar-refractivity contribution in [1.82, 2.24) is 4.98 Å². The van der Waals surface area contributed by atoms with Gasteiger partial charge in [-0.15, -0.1) is 0 Å². The number of benzene rings is 3. The predicted octanol–water partition coefficient (Wildman–Crippen LogP) is 6.06. The van der Waals surface area contributed by atoms with Gasteiger partial charge in [-0.2, -0.15) is 0 Å². The molecule has 0 unspecified atom stereocenters. The number of ether oxygens (including phenoxy) is 4. The number of aliphatic imine (C=N–C) groups is 1. The summed E-state index contributed by atoms with van der Waals surface area (Å²) in [7, 11) is 4.57. The number of fused-ring (bicyclic) bond motifs is 1. The summed E-state index contributed by atoms with van der Waals surface area (Å²) in [5.41, 5.74) is 3.48. The summed E-state index contributed by atoms with van der Waals surface area (Å²) in [4.78, 5) is 23.3. The summed E-state index contributed by atoms with van der Waals surface area (Å²) in [6, 6.07) is 21.5. The Morgan fingerprint density at radius 1 is 0.892 bits per heavy atom. The number of rotatable bonds is 7. The average molecular weight is 513 g/mol. The molecule has 0 atom stereocenters. The standard InChI is InChI=1S/C29H24N2O5S/c1-17-10-11-18-13-20(28(31-22(18)12-17)37-21-8-6-5-7-9-21)14-23-29(32)36-27(30-23)19-15-24(33-2)26(35-4)25(16-19)34-3/h5-16H,1-4H3.